The number of aromatic nitrogens is 2. The molecule has 6 amide bonds. The number of imide groups is 2. The van der Waals surface area contributed by atoms with Crippen molar-refractivity contribution >= 4 is 47.0 Å². The Balaban J connectivity index is 0.000000182. The maximum Gasteiger partial charge on any atom is 0.325 e. The van der Waals surface area contributed by atoms with Gasteiger partial charge in [0.05, 0.1) is 13.1 Å². The van der Waals surface area contributed by atoms with Crippen LogP contribution in [0.4, 0.5) is 27.2 Å². The molecule has 2 aromatic heterocycles. The van der Waals surface area contributed by atoms with Crippen molar-refractivity contribution in [3.8, 4) is 11.5 Å². The minimum atomic E-state index is -2.83. The van der Waals surface area contributed by atoms with E-state index in [1.165, 1.54) is 24.3 Å². The SMILES string of the molecule is ClCc1cccnc1.O=C(CN1C(=O)NC2(CCC(F)(F)CC2)C1=O)c1ccc(O)cc1.O=C(CN1C(=O)NC2(CCC(F)(F)CC2)C1=O)c1ccc(OCc2cccnc2)cc1. The van der Waals surface area contributed by atoms with Gasteiger partial charge in [0.25, 0.3) is 11.8 Å². The summed E-state index contributed by atoms with van der Waals surface area (Å²) in [7, 11) is 0. The van der Waals surface area contributed by atoms with Crippen LogP contribution in [0.15, 0.2) is 97.6 Å². The molecule has 2 saturated carbocycles. The van der Waals surface area contributed by atoms with E-state index in [0.717, 1.165) is 20.9 Å². The lowest BCUT2D eigenvalue weighted by Gasteiger charge is -2.34. The molecule has 14 nitrogen and oxygen atoms in total. The first kappa shape index (κ1) is 46.1. The van der Waals surface area contributed by atoms with Gasteiger partial charge in [0.15, 0.2) is 11.6 Å². The van der Waals surface area contributed by atoms with Crippen molar-refractivity contribution < 1.29 is 56.2 Å². The van der Waals surface area contributed by atoms with E-state index in [1.807, 2.05) is 18.2 Å². The third kappa shape index (κ3) is 11.3. The number of hydrogen-bond acceptors (Lipinski definition) is 10. The fourth-order valence-electron chi connectivity index (χ4n) is 7.38. The molecule has 2 aliphatic heterocycles. The van der Waals surface area contributed by atoms with E-state index < -0.39 is 97.1 Å². The second kappa shape index (κ2) is 19.3. The average Bonchev–Trinajstić information content (AvgIpc) is 3.65. The highest BCUT2D eigenvalue weighted by Gasteiger charge is 2.57. The summed E-state index contributed by atoms with van der Waals surface area (Å²) in [6, 6.07) is 17.8. The number of carbonyl (C=O) groups excluding carboxylic acids is 6. The number of phenols is 1. The van der Waals surface area contributed by atoms with Gasteiger partial charge in [-0.2, -0.15) is 0 Å². The predicted molar refractivity (Wildman–Crippen MR) is 218 cm³/mol. The van der Waals surface area contributed by atoms with Crippen LogP contribution in [0.5, 0.6) is 11.5 Å². The highest BCUT2D eigenvalue weighted by molar-refractivity contribution is 6.17. The van der Waals surface area contributed by atoms with Gasteiger partial charge in [0, 0.05) is 73.0 Å². The Hall–Kier alpha value is -6.43. The van der Waals surface area contributed by atoms with Gasteiger partial charge in [-0.15, -0.1) is 11.6 Å². The largest absolute Gasteiger partial charge is 0.508 e. The monoisotopic (exact) mass is 894 g/mol. The Morgan fingerprint density at radius 2 is 1.05 bits per heavy atom. The van der Waals surface area contributed by atoms with Crippen molar-refractivity contribution in [3.05, 3.63) is 120 Å². The van der Waals surface area contributed by atoms with E-state index in [0.29, 0.717) is 23.8 Å². The summed E-state index contributed by atoms with van der Waals surface area (Å²) >= 11 is 5.49. The molecular formula is C44H43ClF4N6O8. The molecule has 4 aromatic rings. The zero-order chi connectivity index (χ0) is 45.4. The van der Waals surface area contributed by atoms with Crippen molar-refractivity contribution in [3.63, 3.8) is 0 Å². The first-order valence-electron chi connectivity index (χ1n) is 19.9. The highest BCUT2D eigenvalue weighted by atomic mass is 35.5. The van der Waals surface area contributed by atoms with Crippen LogP contribution in [0, 0.1) is 0 Å². The van der Waals surface area contributed by atoms with Crippen molar-refractivity contribution in [2.24, 2.45) is 0 Å². The summed E-state index contributed by atoms with van der Waals surface area (Å²) in [6.07, 6.45) is 4.39. The number of Topliss-reactive ketones (excluding diaryl/α,β-unsaturated/α-hetero) is 2. The van der Waals surface area contributed by atoms with Gasteiger partial charge in [-0.05, 0) is 91.9 Å². The third-order valence-electron chi connectivity index (χ3n) is 11.1. The lowest BCUT2D eigenvalue weighted by Crippen LogP contribution is -2.51. The van der Waals surface area contributed by atoms with Gasteiger partial charge in [-0.1, -0.05) is 12.1 Å². The molecular weight excluding hydrogens is 852 g/mol. The molecule has 0 radical (unpaired) electrons. The number of hydrogen-bond donors (Lipinski definition) is 3. The summed E-state index contributed by atoms with van der Waals surface area (Å²) in [5.74, 6) is -6.72. The number of nitrogens with one attached hydrogen (secondary N) is 2. The number of urea groups is 2. The van der Waals surface area contributed by atoms with Gasteiger partial charge in [0.2, 0.25) is 11.8 Å². The zero-order valence-electron chi connectivity index (χ0n) is 33.7. The van der Waals surface area contributed by atoms with Crippen LogP contribution in [0.2, 0.25) is 0 Å². The second-order valence-corrected chi connectivity index (χ2v) is 15.8. The number of ether oxygens (including phenoxy) is 1. The molecule has 3 N–H and O–H groups in total. The summed E-state index contributed by atoms with van der Waals surface area (Å²) in [5, 5.41) is 14.2. The number of carbonyl (C=O) groups is 6. The highest BCUT2D eigenvalue weighted by Crippen LogP contribution is 2.42. The minimum absolute atomic E-state index is 0.0105. The van der Waals surface area contributed by atoms with Crippen molar-refractivity contribution in [1.29, 1.82) is 0 Å². The van der Waals surface area contributed by atoms with Gasteiger partial charge < -0.3 is 20.5 Å². The van der Waals surface area contributed by atoms with E-state index >= 15 is 0 Å². The second-order valence-electron chi connectivity index (χ2n) is 15.6. The molecule has 2 spiro atoms. The number of amides is 6. The number of aromatic hydroxyl groups is 1. The van der Waals surface area contributed by atoms with E-state index in [9.17, 15) is 51.4 Å². The quantitative estimate of drug-likeness (QED) is 0.0634. The number of alkyl halides is 5. The number of rotatable bonds is 10. The van der Waals surface area contributed by atoms with E-state index in [4.69, 9.17) is 16.3 Å². The Bertz CT molecular complexity index is 2290. The fourth-order valence-corrected chi connectivity index (χ4v) is 7.54. The zero-order valence-corrected chi connectivity index (χ0v) is 34.5. The molecule has 0 unspecified atom stereocenters. The van der Waals surface area contributed by atoms with Crippen LogP contribution in [-0.2, 0) is 22.1 Å². The summed E-state index contributed by atoms with van der Waals surface area (Å²) in [5.41, 5.74) is -0.142. The Kier molecular flexibility index (Phi) is 14.1. The van der Waals surface area contributed by atoms with Crippen LogP contribution in [0.25, 0.3) is 0 Å². The number of ketones is 2. The van der Waals surface area contributed by atoms with Crippen LogP contribution in [0.1, 0.15) is 83.2 Å². The number of halogens is 5. The fraction of sp³-hybridized carbons (Fsp3) is 0.364. The van der Waals surface area contributed by atoms with Crippen molar-refractivity contribution in [2.45, 2.75) is 86.8 Å². The molecule has 8 rings (SSSR count). The molecule has 4 fully saturated rings. The van der Waals surface area contributed by atoms with Gasteiger partial charge in [-0.3, -0.25) is 38.9 Å². The standard InChI is InChI=1S/C22H21F2N3O4.C16H16F2N2O4.C6H6ClN/c23-22(24)9-7-21(8-10-22)19(29)27(20(30)26-21)13-18(28)16-3-5-17(6-4-16)31-14-15-2-1-11-25-12-15;17-16(18)7-5-15(6-8-16)13(23)20(14(24)19-15)9-12(22)10-1-3-11(21)4-2-10;7-4-6-2-1-3-8-5-6/h1-6,11-12H,7-10,13-14H2,(H,26,30);1-4,21H,5-9H2,(H,19,24);1-3,5H,4H2. The maximum atomic E-state index is 13.5. The van der Waals surface area contributed by atoms with Gasteiger partial charge >= 0.3 is 12.1 Å². The normalized spacial score (nSPS) is 19.0. The summed E-state index contributed by atoms with van der Waals surface area (Å²) in [6.45, 7) is -0.586. The molecule has 4 aliphatic rings. The van der Waals surface area contributed by atoms with Crippen molar-refractivity contribution in [2.75, 3.05) is 13.1 Å². The van der Waals surface area contributed by atoms with Crippen LogP contribution in [0.3, 0.4) is 0 Å². The topological polar surface area (TPSA) is 188 Å². The lowest BCUT2D eigenvalue weighted by atomic mass is 9.80. The van der Waals surface area contributed by atoms with Crippen LogP contribution in [-0.4, -0.2) is 96.3 Å². The van der Waals surface area contributed by atoms with Gasteiger partial charge in [-0.25, -0.2) is 27.2 Å². The Morgan fingerprint density at radius 3 is 1.43 bits per heavy atom. The number of pyridine rings is 2. The first-order valence-corrected chi connectivity index (χ1v) is 20.4. The van der Waals surface area contributed by atoms with Crippen LogP contribution < -0.4 is 15.4 Å². The number of benzene rings is 2. The number of nitrogens with zero attached hydrogens (tertiary/aromatic N) is 4. The van der Waals surface area contributed by atoms with Gasteiger partial charge in [0.1, 0.15) is 29.2 Å². The molecule has 63 heavy (non-hydrogen) atoms. The third-order valence-corrected chi connectivity index (χ3v) is 11.4. The molecule has 2 aromatic carbocycles. The van der Waals surface area contributed by atoms with E-state index in [1.54, 1.807) is 55.1 Å². The first-order chi connectivity index (χ1) is 29.9. The molecule has 0 bridgehead atoms. The molecule has 2 saturated heterocycles. The molecule has 19 heteroatoms. The molecule has 2 aliphatic carbocycles. The van der Waals surface area contributed by atoms with Crippen LogP contribution >= 0.6 is 11.6 Å². The van der Waals surface area contributed by atoms with E-state index in [2.05, 4.69) is 20.6 Å². The smallest absolute Gasteiger partial charge is 0.325 e. The maximum absolute atomic E-state index is 13.5. The summed E-state index contributed by atoms with van der Waals surface area (Å²) < 4.78 is 59.2. The van der Waals surface area contributed by atoms with Crippen molar-refractivity contribution in [1.82, 2.24) is 30.4 Å². The molecule has 0 atom stereocenters. The Morgan fingerprint density at radius 1 is 0.635 bits per heavy atom. The minimum Gasteiger partial charge on any atom is -0.508 e. The van der Waals surface area contributed by atoms with E-state index in [-0.39, 0.29) is 37.0 Å². The predicted octanol–water partition coefficient (Wildman–Crippen LogP) is 7.24. The number of phenolic OH excluding ortho intramolecular Hbond substituents is 1. The molecule has 332 valence electrons. The summed E-state index contributed by atoms with van der Waals surface area (Å²) in [4.78, 5) is 83.9. The molecule has 4 heterocycles. The average molecular weight is 895 g/mol. The Labute approximate surface area is 364 Å². The lowest BCUT2D eigenvalue weighted by molar-refractivity contribution is -0.136.